The molecule has 0 atom stereocenters. The van der Waals surface area contributed by atoms with Gasteiger partial charge in [0.1, 0.15) is 6.33 Å². The molecule has 1 aromatic carbocycles. The maximum absolute atomic E-state index is 11.4. The molecule has 6 heteroatoms. The number of ether oxygens (including phenoxy) is 1. The highest BCUT2D eigenvalue weighted by Crippen LogP contribution is 2.22. The van der Waals surface area contributed by atoms with E-state index in [1.165, 1.54) is 19.0 Å². The first-order valence-corrected chi connectivity index (χ1v) is 6.71. The van der Waals surface area contributed by atoms with Crippen molar-refractivity contribution in [2.45, 2.75) is 19.9 Å². The molecule has 0 spiro atoms. The summed E-state index contributed by atoms with van der Waals surface area (Å²) in [6.45, 7) is 4.29. The van der Waals surface area contributed by atoms with E-state index in [0.717, 1.165) is 11.1 Å². The van der Waals surface area contributed by atoms with Gasteiger partial charge in [-0.2, -0.15) is 0 Å². The highest BCUT2D eigenvalue weighted by Gasteiger charge is 2.12. The Hall–Kier alpha value is -2.63. The first kappa shape index (κ1) is 13.4. The van der Waals surface area contributed by atoms with Gasteiger partial charge in [0.15, 0.2) is 0 Å². The lowest BCUT2D eigenvalue weighted by atomic mass is 10.2. The summed E-state index contributed by atoms with van der Waals surface area (Å²) in [7, 11) is 1.31. The Morgan fingerprint density at radius 1 is 1.29 bits per heavy atom. The molecule has 0 amide bonds. The topological polar surface area (TPSA) is 61.9 Å². The fraction of sp³-hybridized carbons (Fsp3) is 0.267. The number of rotatable bonds is 3. The first-order valence-electron chi connectivity index (χ1n) is 6.71. The standard InChI is InChI=1S/C15H16N4O2/c1-10(2)18-7-6-11-8-12(4-5-13(11)18)19-9-16-14(17-19)15(20)21-3/h4-10H,1-3H3. The summed E-state index contributed by atoms with van der Waals surface area (Å²) in [6.07, 6.45) is 3.58. The molecule has 0 aliphatic rings. The van der Waals surface area contributed by atoms with Gasteiger partial charge < -0.3 is 9.30 Å². The molecule has 21 heavy (non-hydrogen) atoms. The van der Waals surface area contributed by atoms with Crippen LogP contribution in [0, 0.1) is 0 Å². The van der Waals surface area contributed by atoms with E-state index in [0.29, 0.717) is 6.04 Å². The molecule has 0 saturated heterocycles. The summed E-state index contributed by atoms with van der Waals surface area (Å²) in [6, 6.07) is 8.49. The summed E-state index contributed by atoms with van der Waals surface area (Å²) >= 11 is 0. The van der Waals surface area contributed by atoms with E-state index in [9.17, 15) is 4.79 Å². The Morgan fingerprint density at radius 2 is 2.10 bits per heavy atom. The van der Waals surface area contributed by atoms with Gasteiger partial charge >= 0.3 is 5.97 Å². The van der Waals surface area contributed by atoms with Gasteiger partial charge in [-0.05, 0) is 38.1 Å². The van der Waals surface area contributed by atoms with Gasteiger partial charge in [-0.1, -0.05) is 0 Å². The number of carbonyl (C=O) groups excluding carboxylic acids is 1. The van der Waals surface area contributed by atoms with Crippen molar-refractivity contribution in [2.75, 3.05) is 7.11 Å². The summed E-state index contributed by atoms with van der Waals surface area (Å²) in [5.41, 5.74) is 2.02. The Balaban J connectivity index is 2.01. The lowest BCUT2D eigenvalue weighted by Crippen LogP contribution is -2.05. The normalized spacial score (nSPS) is 11.2. The van der Waals surface area contributed by atoms with Crippen molar-refractivity contribution in [3.8, 4) is 5.69 Å². The zero-order chi connectivity index (χ0) is 15.0. The molecular weight excluding hydrogens is 268 g/mol. The average molecular weight is 284 g/mol. The van der Waals surface area contributed by atoms with Crippen LogP contribution in [0.3, 0.4) is 0 Å². The lowest BCUT2D eigenvalue weighted by Gasteiger charge is -2.09. The van der Waals surface area contributed by atoms with Crippen LogP contribution in [0.4, 0.5) is 0 Å². The zero-order valence-electron chi connectivity index (χ0n) is 12.1. The van der Waals surface area contributed by atoms with Crippen molar-refractivity contribution in [1.82, 2.24) is 19.3 Å². The van der Waals surface area contributed by atoms with Crippen molar-refractivity contribution in [3.63, 3.8) is 0 Å². The predicted molar refractivity (Wildman–Crippen MR) is 78.6 cm³/mol. The number of esters is 1. The van der Waals surface area contributed by atoms with E-state index in [1.807, 2.05) is 18.2 Å². The quantitative estimate of drug-likeness (QED) is 0.693. The van der Waals surface area contributed by atoms with Crippen molar-refractivity contribution in [2.24, 2.45) is 0 Å². The largest absolute Gasteiger partial charge is 0.463 e. The van der Waals surface area contributed by atoms with Crippen LogP contribution in [0.25, 0.3) is 16.6 Å². The SMILES string of the molecule is COC(=O)c1ncn(-c2ccc3c(ccn3C(C)C)c2)n1. The van der Waals surface area contributed by atoms with Crippen molar-refractivity contribution < 1.29 is 9.53 Å². The van der Waals surface area contributed by atoms with Gasteiger partial charge in [0, 0.05) is 23.1 Å². The third-order valence-corrected chi connectivity index (χ3v) is 3.38. The van der Waals surface area contributed by atoms with Gasteiger partial charge in [0.2, 0.25) is 0 Å². The molecule has 0 bridgehead atoms. The molecule has 108 valence electrons. The number of methoxy groups -OCH3 is 1. The van der Waals surface area contributed by atoms with Crippen LogP contribution in [-0.2, 0) is 4.74 Å². The molecule has 3 aromatic rings. The number of hydrogen-bond acceptors (Lipinski definition) is 4. The van der Waals surface area contributed by atoms with Crippen LogP contribution in [0.2, 0.25) is 0 Å². The van der Waals surface area contributed by atoms with E-state index >= 15 is 0 Å². The van der Waals surface area contributed by atoms with Crippen LogP contribution in [0.5, 0.6) is 0 Å². The second kappa shape index (κ2) is 5.05. The summed E-state index contributed by atoms with van der Waals surface area (Å²) in [4.78, 5) is 15.3. The Labute approximate surface area is 122 Å². The van der Waals surface area contributed by atoms with Crippen LogP contribution in [0.1, 0.15) is 30.5 Å². The maximum atomic E-state index is 11.4. The fourth-order valence-electron chi connectivity index (χ4n) is 2.32. The van der Waals surface area contributed by atoms with Crippen molar-refractivity contribution in [3.05, 3.63) is 42.6 Å². The Kier molecular flexibility index (Phi) is 3.21. The van der Waals surface area contributed by atoms with Gasteiger partial charge in [-0.25, -0.2) is 14.5 Å². The lowest BCUT2D eigenvalue weighted by molar-refractivity contribution is 0.0587. The summed E-state index contributed by atoms with van der Waals surface area (Å²) < 4.78 is 8.38. The second-order valence-electron chi connectivity index (χ2n) is 5.06. The third kappa shape index (κ3) is 2.29. The minimum atomic E-state index is -0.541. The van der Waals surface area contributed by atoms with Crippen LogP contribution < -0.4 is 0 Å². The molecule has 0 N–H and O–H groups in total. The zero-order valence-corrected chi connectivity index (χ0v) is 12.1. The highest BCUT2D eigenvalue weighted by atomic mass is 16.5. The molecule has 0 unspecified atom stereocenters. The number of carbonyl (C=O) groups is 1. The molecular formula is C15H16N4O2. The average Bonchev–Trinajstić information content (AvgIpc) is 3.12. The second-order valence-corrected chi connectivity index (χ2v) is 5.06. The van der Waals surface area contributed by atoms with Gasteiger partial charge in [0.25, 0.3) is 5.82 Å². The smallest absolute Gasteiger partial charge is 0.377 e. The van der Waals surface area contributed by atoms with Gasteiger partial charge in [-0.15, -0.1) is 5.10 Å². The van der Waals surface area contributed by atoms with Crippen molar-refractivity contribution >= 4 is 16.9 Å². The molecule has 3 rings (SSSR count). The number of aromatic nitrogens is 4. The monoisotopic (exact) mass is 284 g/mol. The number of fused-ring (bicyclic) bond motifs is 1. The van der Waals surface area contributed by atoms with Gasteiger partial charge in [0.05, 0.1) is 12.8 Å². The number of benzene rings is 1. The van der Waals surface area contributed by atoms with Crippen LogP contribution in [0.15, 0.2) is 36.8 Å². The van der Waals surface area contributed by atoms with E-state index in [2.05, 4.69) is 45.5 Å². The molecule has 2 heterocycles. The predicted octanol–water partition coefficient (Wildman–Crippen LogP) is 2.59. The molecule has 0 radical (unpaired) electrons. The molecule has 0 aliphatic carbocycles. The van der Waals surface area contributed by atoms with E-state index in [4.69, 9.17) is 0 Å². The molecule has 2 aromatic heterocycles. The minimum absolute atomic E-state index is 0.0531. The highest BCUT2D eigenvalue weighted by molar-refractivity contribution is 5.85. The van der Waals surface area contributed by atoms with E-state index in [-0.39, 0.29) is 5.82 Å². The van der Waals surface area contributed by atoms with E-state index in [1.54, 1.807) is 4.68 Å². The third-order valence-electron chi connectivity index (χ3n) is 3.38. The number of nitrogens with zero attached hydrogens (tertiary/aromatic N) is 4. The van der Waals surface area contributed by atoms with E-state index < -0.39 is 5.97 Å². The Bertz CT molecular complexity index is 801. The van der Waals surface area contributed by atoms with Crippen molar-refractivity contribution in [1.29, 1.82) is 0 Å². The van der Waals surface area contributed by atoms with Crippen LogP contribution >= 0.6 is 0 Å². The minimum Gasteiger partial charge on any atom is -0.463 e. The molecule has 0 aliphatic heterocycles. The fourth-order valence-corrected chi connectivity index (χ4v) is 2.32. The molecule has 6 nitrogen and oxygen atoms in total. The van der Waals surface area contributed by atoms with Crippen LogP contribution in [-0.4, -0.2) is 32.4 Å². The summed E-state index contributed by atoms with van der Waals surface area (Å²) in [5, 5.41) is 5.25. The molecule has 0 saturated carbocycles. The van der Waals surface area contributed by atoms with Gasteiger partial charge in [-0.3, -0.25) is 0 Å². The molecule has 0 fully saturated rings. The summed E-state index contributed by atoms with van der Waals surface area (Å²) in [5.74, 6) is -0.488. The first-order chi connectivity index (χ1) is 10.1. The maximum Gasteiger partial charge on any atom is 0.377 e. The Morgan fingerprint density at radius 3 is 2.81 bits per heavy atom. The number of hydrogen-bond donors (Lipinski definition) is 0.